The average Bonchev–Trinajstić information content (AvgIpc) is 2.95. The molecule has 23 heavy (non-hydrogen) atoms. The highest BCUT2D eigenvalue weighted by Crippen LogP contribution is 2.43. The van der Waals surface area contributed by atoms with E-state index in [1.54, 1.807) is 11.3 Å². The second-order valence-electron chi connectivity index (χ2n) is 5.76. The first-order chi connectivity index (χ1) is 11.3. The molecule has 0 aliphatic heterocycles. The van der Waals surface area contributed by atoms with E-state index >= 15 is 0 Å². The molecule has 4 aromatic rings. The summed E-state index contributed by atoms with van der Waals surface area (Å²) >= 11 is 1.72. The van der Waals surface area contributed by atoms with Crippen LogP contribution < -0.4 is 4.65 Å². The highest BCUT2D eigenvalue weighted by Gasteiger charge is 2.14. The lowest BCUT2D eigenvalue weighted by molar-refractivity contribution is 0.457. The van der Waals surface area contributed by atoms with Crippen molar-refractivity contribution in [3.63, 3.8) is 0 Å². The molecule has 0 radical (unpaired) electrons. The van der Waals surface area contributed by atoms with Gasteiger partial charge in [-0.3, -0.25) is 0 Å². The van der Waals surface area contributed by atoms with Gasteiger partial charge in [-0.2, -0.15) is 0 Å². The van der Waals surface area contributed by atoms with Gasteiger partial charge in [0.15, 0.2) is 0 Å². The molecule has 0 atom stereocenters. The Balaban J connectivity index is 2.12. The van der Waals surface area contributed by atoms with Crippen LogP contribution in [-0.4, -0.2) is 12.7 Å². The van der Waals surface area contributed by atoms with Crippen LogP contribution in [0.15, 0.2) is 48.5 Å². The molecule has 114 valence electrons. The van der Waals surface area contributed by atoms with E-state index in [1.807, 2.05) is 0 Å². The molecule has 3 aromatic carbocycles. The summed E-state index contributed by atoms with van der Waals surface area (Å²) in [6, 6.07) is 17.2. The van der Waals surface area contributed by atoms with E-state index in [4.69, 9.17) is 4.65 Å². The number of rotatable bonds is 4. The molecular weight excluding hydrogens is 303 g/mol. The van der Waals surface area contributed by atoms with E-state index in [1.165, 1.54) is 31.8 Å². The van der Waals surface area contributed by atoms with Gasteiger partial charge < -0.3 is 9.68 Å². The molecule has 0 aliphatic carbocycles. The van der Waals surface area contributed by atoms with Gasteiger partial charge in [0.05, 0.1) is 4.70 Å². The summed E-state index contributed by atoms with van der Waals surface area (Å²) in [6.45, 7) is 2.19. The molecule has 0 amide bonds. The molecule has 4 heteroatoms. The van der Waals surface area contributed by atoms with Gasteiger partial charge in [0.2, 0.25) is 0 Å². The van der Waals surface area contributed by atoms with Crippen LogP contribution in [0, 0.1) is 0 Å². The lowest BCUT2D eigenvalue weighted by Crippen LogP contribution is -1.99. The molecule has 0 spiro atoms. The monoisotopic (exact) mass is 320 g/mol. The van der Waals surface area contributed by atoms with Crippen molar-refractivity contribution in [2.45, 2.75) is 19.8 Å². The summed E-state index contributed by atoms with van der Waals surface area (Å²) in [6.07, 6.45) is 2.21. The van der Waals surface area contributed by atoms with Gasteiger partial charge in [-0.1, -0.05) is 49.7 Å². The fourth-order valence-corrected chi connectivity index (χ4v) is 4.46. The van der Waals surface area contributed by atoms with E-state index in [-0.39, 0.29) is 7.69 Å². The van der Waals surface area contributed by atoms with Crippen molar-refractivity contribution in [3.8, 4) is 5.75 Å². The number of hydrogen-bond donors (Lipinski definition) is 1. The van der Waals surface area contributed by atoms with Gasteiger partial charge in [0, 0.05) is 15.5 Å². The van der Waals surface area contributed by atoms with Crippen LogP contribution in [0.3, 0.4) is 0 Å². The van der Waals surface area contributed by atoms with Gasteiger partial charge >= 0.3 is 7.69 Å². The Kier molecular flexibility index (Phi) is 3.72. The third-order valence-electron chi connectivity index (χ3n) is 4.25. The highest BCUT2D eigenvalue weighted by atomic mass is 32.1. The van der Waals surface area contributed by atoms with E-state index in [0.717, 1.165) is 23.3 Å². The van der Waals surface area contributed by atoms with Crippen LogP contribution in [0.5, 0.6) is 5.75 Å². The predicted octanol–water partition coefficient (Wildman–Crippen LogP) is 4.80. The maximum absolute atomic E-state index is 9.25. The second kappa shape index (κ2) is 5.87. The quantitative estimate of drug-likeness (QED) is 0.547. The molecule has 1 aromatic heterocycles. The van der Waals surface area contributed by atoms with Gasteiger partial charge in [-0.05, 0) is 34.9 Å². The summed E-state index contributed by atoms with van der Waals surface area (Å²) in [5.41, 5.74) is 1.34. The Bertz CT molecular complexity index is 1010. The van der Waals surface area contributed by atoms with Crippen molar-refractivity contribution in [3.05, 3.63) is 54.1 Å². The molecule has 0 unspecified atom stereocenters. The maximum Gasteiger partial charge on any atom is 0.504 e. The minimum atomic E-state index is -0.302. The average molecular weight is 320 g/mol. The Morgan fingerprint density at radius 3 is 2.78 bits per heavy atom. The topological polar surface area (TPSA) is 29.5 Å². The van der Waals surface area contributed by atoms with Crippen molar-refractivity contribution in [2.75, 3.05) is 0 Å². The van der Waals surface area contributed by atoms with Crippen LogP contribution in [-0.2, 0) is 6.42 Å². The molecule has 1 heterocycles. The van der Waals surface area contributed by atoms with Crippen molar-refractivity contribution in [1.29, 1.82) is 0 Å². The molecule has 2 nitrogen and oxygen atoms in total. The zero-order valence-electron chi connectivity index (χ0n) is 13.0. The Morgan fingerprint density at radius 1 is 1.09 bits per heavy atom. The van der Waals surface area contributed by atoms with E-state index in [9.17, 15) is 5.02 Å². The third-order valence-corrected chi connectivity index (χ3v) is 5.44. The summed E-state index contributed by atoms with van der Waals surface area (Å²) in [5, 5.41) is 14.2. The smallest absolute Gasteiger partial charge is 0.504 e. The predicted molar refractivity (Wildman–Crippen MR) is 101 cm³/mol. The van der Waals surface area contributed by atoms with E-state index in [2.05, 4.69) is 55.5 Å². The molecular formula is C19H17BO2S. The summed E-state index contributed by atoms with van der Waals surface area (Å²) < 4.78 is 7.88. The fourth-order valence-electron chi connectivity index (χ4n) is 3.27. The highest BCUT2D eigenvalue weighted by molar-refractivity contribution is 7.26. The standard InChI is InChI=1S/C19H17BO2S/c1-2-5-12-8-9-14-13(10-12)11-16(22-20-21)19-18(14)15-6-3-4-7-17(15)23-19/h3-4,6-11,20-21H,2,5H2,1H3. The number of benzene rings is 3. The van der Waals surface area contributed by atoms with E-state index in [0.29, 0.717) is 0 Å². The first-order valence-corrected chi connectivity index (χ1v) is 8.74. The van der Waals surface area contributed by atoms with E-state index < -0.39 is 0 Å². The SMILES string of the molecule is CCCc1ccc2c(c1)cc(OBO)c1sc3ccccc3c12. The summed E-state index contributed by atoms with van der Waals surface area (Å²) in [4.78, 5) is 0. The number of hydrogen-bond acceptors (Lipinski definition) is 3. The fraction of sp³-hybridized carbons (Fsp3) is 0.158. The Hall–Kier alpha value is -2.04. The Morgan fingerprint density at radius 2 is 1.96 bits per heavy atom. The van der Waals surface area contributed by atoms with Gasteiger partial charge in [-0.15, -0.1) is 11.3 Å². The molecule has 0 fully saturated rings. The molecule has 0 bridgehead atoms. The first kappa shape index (κ1) is 14.6. The molecule has 1 N–H and O–H groups in total. The van der Waals surface area contributed by atoms with Gasteiger partial charge in [0.25, 0.3) is 0 Å². The minimum Gasteiger partial charge on any atom is -0.538 e. The van der Waals surface area contributed by atoms with Crippen molar-refractivity contribution >= 4 is 50.0 Å². The number of thiophene rings is 1. The van der Waals surface area contributed by atoms with Crippen molar-refractivity contribution < 1.29 is 9.68 Å². The zero-order valence-corrected chi connectivity index (χ0v) is 13.8. The van der Waals surface area contributed by atoms with Crippen LogP contribution in [0.2, 0.25) is 0 Å². The lowest BCUT2D eigenvalue weighted by atomic mass is 9.99. The van der Waals surface area contributed by atoms with Crippen molar-refractivity contribution in [2.24, 2.45) is 0 Å². The number of aryl methyl sites for hydroxylation is 1. The van der Waals surface area contributed by atoms with Crippen LogP contribution in [0.1, 0.15) is 18.9 Å². The van der Waals surface area contributed by atoms with Crippen LogP contribution in [0.4, 0.5) is 0 Å². The van der Waals surface area contributed by atoms with Crippen LogP contribution in [0.25, 0.3) is 30.9 Å². The molecule has 0 saturated heterocycles. The van der Waals surface area contributed by atoms with Crippen molar-refractivity contribution in [1.82, 2.24) is 0 Å². The van der Waals surface area contributed by atoms with Gasteiger partial charge in [-0.25, -0.2) is 0 Å². The summed E-state index contributed by atoms with van der Waals surface area (Å²) in [5.74, 6) is 0.768. The van der Waals surface area contributed by atoms with Crippen LogP contribution >= 0.6 is 11.3 Å². The van der Waals surface area contributed by atoms with Gasteiger partial charge in [0.1, 0.15) is 5.75 Å². The third kappa shape index (κ3) is 2.39. The maximum atomic E-state index is 9.25. The lowest BCUT2D eigenvalue weighted by Gasteiger charge is -2.09. The zero-order chi connectivity index (χ0) is 15.8. The Labute approximate surface area is 139 Å². The second-order valence-corrected chi connectivity index (χ2v) is 6.81. The first-order valence-electron chi connectivity index (χ1n) is 7.92. The normalized spacial score (nSPS) is 11.4. The minimum absolute atomic E-state index is 0.302. The molecule has 0 saturated carbocycles. The largest absolute Gasteiger partial charge is 0.538 e. The number of fused-ring (bicyclic) bond motifs is 5. The summed E-state index contributed by atoms with van der Waals surface area (Å²) in [7, 11) is -0.302. The molecule has 0 aliphatic rings. The molecule has 4 rings (SSSR count).